The fourth-order valence-corrected chi connectivity index (χ4v) is 3.06. The van der Waals surface area contributed by atoms with Gasteiger partial charge in [-0.1, -0.05) is 42.5 Å². The summed E-state index contributed by atoms with van der Waals surface area (Å²) in [5, 5.41) is 0. The third kappa shape index (κ3) is 3.67. The fraction of sp³-hybridized carbons (Fsp3) is 0.368. The van der Waals surface area contributed by atoms with E-state index in [9.17, 15) is 0 Å². The van der Waals surface area contributed by atoms with Crippen LogP contribution in [0.25, 0.3) is 0 Å². The van der Waals surface area contributed by atoms with Crippen LogP contribution in [-0.2, 0) is 13.1 Å². The van der Waals surface area contributed by atoms with Crippen LogP contribution in [0.3, 0.4) is 0 Å². The molecule has 1 aliphatic rings. The van der Waals surface area contributed by atoms with Crippen molar-refractivity contribution in [3.8, 4) is 0 Å². The van der Waals surface area contributed by atoms with Gasteiger partial charge in [0.15, 0.2) is 0 Å². The number of piperazine rings is 1. The van der Waals surface area contributed by atoms with E-state index in [0.717, 1.165) is 45.0 Å². The first-order valence-electron chi connectivity index (χ1n) is 8.05. The minimum absolute atomic E-state index is 0.903. The lowest BCUT2D eigenvalue weighted by molar-refractivity contribution is 0.122. The molecule has 3 rings (SSSR count). The number of nitrogen functional groups attached to an aromatic ring is 1. The van der Waals surface area contributed by atoms with E-state index in [4.69, 9.17) is 5.73 Å². The van der Waals surface area contributed by atoms with E-state index in [0.29, 0.717) is 0 Å². The lowest BCUT2D eigenvalue weighted by atomic mass is 10.1. The van der Waals surface area contributed by atoms with Gasteiger partial charge in [-0.25, -0.2) is 0 Å². The summed E-state index contributed by atoms with van der Waals surface area (Å²) >= 11 is 0. The Bertz CT molecular complexity index is 601. The van der Waals surface area contributed by atoms with Crippen molar-refractivity contribution < 1.29 is 0 Å². The van der Waals surface area contributed by atoms with Crippen LogP contribution in [0.2, 0.25) is 0 Å². The van der Waals surface area contributed by atoms with Crippen molar-refractivity contribution in [3.05, 3.63) is 65.2 Å². The number of hydrogen-bond donors (Lipinski definition) is 1. The standard InChI is InChI=1S/C19H25N3/c1-16-18(8-5-9-19(16)20)15-22-12-10-21(11-13-22)14-17-6-3-2-4-7-17/h2-9H,10-15,20H2,1H3. The Morgan fingerprint density at radius 2 is 1.45 bits per heavy atom. The second-order valence-corrected chi connectivity index (χ2v) is 6.17. The zero-order valence-corrected chi connectivity index (χ0v) is 13.3. The Balaban J connectivity index is 1.52. The van der Waals surface area contributed by atoms with Gasteiger partial charge >= 0.3 is 0 Å². The predicted molar refractivity (Wildman–Crippen MR) is 92.6 cm³/mol. The summed E-state index contributed by atoms with van der Waals surface area (Å²) in [4.78, 5) is 5.07. The van der Waals surface area contributed by atoms with Gasteiger partial charge in [0, 0.05) is 45.0 Å². The van der Waals surface area contributed by atoms with E-state index in [1.165, 1.54) is 16.7 Å². The van der Waals surface area contributed by atoms with Crippen LogP contribution < -0.4 is 5.73 Å². The summed E-state index contributed by atoms with van der Waals surface area (Å²) < 4.78 is 0. The number of hydrogen-bond acceptors (Lipinski definition) is 3. The van der Waals surface area contributed by atoms with Crippen molar-refractivity contribution in [3.63, 3.8) is 0 Å². The van der Waals surface area contributed by atoms with Crippen LogP contribution in [0.5, 0.6) is 0 Å². The van der Waals surface area contributed by atoms with Crippen LogP contribution in [0, 0.1) is 6.92 Å². The topological polar surface area (TPSA) is 32.5 Å². The summed E-state index contributed by atoms with van der Waals surface area (Å²) in [6, 6.07) is 17.0. The summed E-state index contributed by atoms with van der Waals surface area (Å²) in [6.45, 7) is 8.72. The molecule has 0 amide bonds. The molecular formula is C19H25N3. The normalized spacial score (nSPS) is 16.8. The molecule has 0 saturated carbocycles. The van der Waals surface area contributed by atoms with E-state index in [1.54, 1.807) is 0 Å². The molecule has 2 aromatic carbocycles. The summed E-state index contributed by atoms with van der Waals surface area (Å²) in [5.74, 6) is 0. The van der Waals surface area contributed by atoms with Crippen LogP contribution >= 0.6 is 0 Å². The quantitative estimate of drug-likeness (QED) is 0.880. The van der Waals surface area contributed by atoms with Gasteiger partial charge in [-0.15, -0.1) is 0 Å². The van der Waals surface area contributed by atoms with Crippen LogP contribution in [0.4, 0.5) is 5.69 Å². The van der Waals surface area contributed by atoms with Crippen molar-refractivity contribution in [2.45, 2.75) is 20.0 Å². The second-order valence-electron chi connectivity index (χ2n) is 6.17. The van der Waals surface area contributed by atoms with Gasteiger partial charge < -0.3 is 5.73 Å². The Morgan fingerprint density at radius 3 is 2.14 bits per heavy atom. The zero-order valence-electron chi connectivity index (χ0n) is 13.3. The van der Waals surface area contributed by atoms with Gasteiger partial charge in [0.1, 0.15) is 0 Å². The lowest BCUT2D eigenvalue weighted by Crippen LogP contribution is -2.45. The molecule has 1 aliphatic heterocycles. The van der Waals surface area contributed by atoms with Crippen molar-refractivity contribution in [1.29, 1.82) is 0 Å². The van der Waals surface area contributed by atoms with Crippen LogP contribution in [-0.4, -0.2) is 36.0 Å². The summed E-state index contributed by atoms with van der Waals surface area (Å²) in [6.07, 6.45) is 0. The first-order chi connectivity index (χ1) is 10.7. The maximum absolute atomic E-state index is 6.01. The van der Waals surface area contributed by atoms with E-state index >= 15 is 0 Å². The molecule has 2 aromatic rings. The first kappa shape index (κ1) is 15.1. The SMILES string of the molecule is Cc1c(N)cccc1CN1CCN(Cc2ccccc2)CC1. The number of rotatable bonds is 4. The zero-order chi connectivity index (χ0) is 15.4. The Hall–Kier alpha value is -1.84. The summed E-state index contributed by atoms with van der Waals surface area (Å²) in [5.41, 5.74) is 10.9. The maximum atomic E-state index is 6.01. The van der Waals surface area contributed by atoms with Crippen molar-refractivity contribution in [2.75, 3.05) is 31.9 Å². The second kappa shape index (κ2) is 6.95. The molecule has 0 radical (unpaired) electrons. The third-order valence-electron chi connectivity index (χ3n) is 4.60. The predicted octanol–water partition coefficient (Wildman–Crippen LogP) is 2.90. The molecule has 0 aliphatic carbocycles. The van der Waals surface area contributed by atoms with Gasteiger partial charge in [0.2, 0.25) is 0 Å². The largest absolute Gasteiger partial charge is 0.399 e. The average Bonchev–Trinajstić information content (AvgIpc) is 2.55. The number of nitrogens with two attached hydrogens (primary N) is 1. The smallest absolute Gasteiger partial charge is 0.0346 e. The number of anilines is 1. The molecule has 0 aromatic heterocycles. The van der Waals surface area contributed by atoms with Gasteiger partial charge in [0.05, 0.1) is 0 Å². The monoisotopic (exact) mass is 295 g/mol. The van der Waals surface area contributed by atoms with Crippen LogP contribution in [0.15, 0.2) is 48.5 Å². The molecule has 0 unspecified atom stereocenters. The highest BCUT2D eigenvalue weighted by atomic mass is 15.3. The van der Waals surface area contributed by atoms with Gasteiger partial charge in [-0.2, -0.15) is 0 Å². The molecule has 1 fully saturated rings. The van der Waals surface area contributed by atoms with E-state index in [1.807, 2.05) is 6.07 Å². The van der Waals surface area contributed by atoms with Crippen molar-refractivity contribution in [2.24, 2.45) is 0 Å². The number of benzene rings is 2. The molecule has 0 bridgehead atoms. The Labute approximate surface area is 133 Å². The molecule has 1 saturated heterocycles. The van der Waals surface area contributed by atoms with E-state index < -0.39 is 0 Å². The minimum Gasteiger partial charge on any atom is -0.399 e. The minimum atomic E-state index is 0.903. The van der Waals surface area contributed by atoms with Gasteiger partial charge in [-0.3, -0.25) is 9.80 Å². The molecular weight excluding hydrogens is 270 g/mol. The van der Waals surface area contributed by atoms with E-state index in [-0.39, 0.29) is 0 Å². The third-order valence-corrected chi connectivity index (χ3v) is 4.60. The maximum Gasteiger partial charge on any atom is 0.0346 e. The highest BCUT2D eigenvalue weighted by Gasteiger charge is 2.17. The molecule has 116 valence electrons. The molecule has 3 nitrogen and oxygen atoms in total. The highest BCUT2D eigenvalue weighted by Crippen LogP contribution is 2.18. The summed E-state index contributed by atoms with van der Waals surface area (Å²) in [7, 11) is 0. The average molecular weight is 295 g/mol. The van der Waals surface area contributed by atoms with E-state index in [2.05, 4.69) is 59.2 Å². The fourth-order valence-electron chi connectivity index (χ4n) is 3.06. The van der Waals surface area contributed by atoms with Crippen LogP contribution in [0.1, 0.15) is 16.7 Å². The van der Waals surface area contributed by atoms with Crippen molar-refractivity contribution in [1.82, 2.24) is 9.80 Å². The Morgan fingerprint density at radius 1 is 0.818 bits per heavy atom. The molecule has 22 heavy (non-hydrogen) atoms. The highest BCUT2D eigenvalue weighted by molar-refractivity contribution is 5.49. The Kier molecular flexibility index (Phi) is 4.76. The lowest BCUT2D eigenvalue weighted by Gasteiger charge is -2.35. The molecule has 3 heteroatoms. The first-order valence-corrected chi connectivity index (χ1v) is 8.05. The molecule has 1 heterocycles. The van der Waals surface area contributed by atoms with Gasteiger partial charge in [0.25, 0.3) is 0 Å². The van der Waals surface area contributed by atoms with Gasteiger partial charge in [-0.05, 0) is 29.7 Å². The molecule has 0 spiro atoms. The van der Waals surface area contributed by atoms with Crippen molar-refractivity contribution >= 4 is 5.69 Å². The molecule has 2 N–H and O–H groups in total. The number of nitrogens with zero attached hydrogens (tertiary/aromatic N) is 2. The molecule has 0 atom stereocenters.